The first kappa shape index (κ1) is 13.1. The van der Waals surface area contributed by atoms with Crippen molar-refractivity contribution < 1.29 is 4.79 Å². The van der Waals surface area contributed by atoms with Crippen LogP contribution in [0.2, 0.25) is 0 Å². The number of carbonyl (C=O) groups is 1. The van der Waals surface area contributed by atoms with E-state index >= 15 is 0 Å². The highest BCUT2D eigenvalue weighted by atomic mass is 16.1. The van der Waals surface area contributed by atoms with Gasteiger partial charge in [-0.05, 0) is 23.3 Å². The zero-order valence-electron chi connectivity index (χ0n) is 11.5. The van der Waals surface area contributed by atoms with Gasteiger partial charge >= 0.3 is 0 Å². The number of rotatable bonds is 3. The van der Waals surface area contributed by atoms with E-state index in [4.69, 9.17) is 5.73 Å². The molecule has 2 N–H and O–H groups in total. The molecule has 21 heavy (non-hydrogen) atoms. The molecule has 0 bridgehead atoms. The Labute approximate surface area is 123 Å². The van der Waals surface area contributed by atoms with Gasteiger partial charge in [0.15, 0.2) is 5.78 Å². The highest BCUT2D eigenvalue weighted by Crippen LogP contribution is 2.26. The van der Waals surface area contributed by atoms with Crippen LogP contribution in [-0.4, -0.2) is 5.78 Å². The summed E-state index contributed by atoms with van der Waals surface area (Å²) in [6.07, 6.45) is 0. The molecule has 2 heteroatoms. The first-order chi connectivity index (χ1) is 10.3. The summed E-state index contributed by atoms with van der Waals surface area (Å²) in [7, 11) is 0. The maximum absolute atomic E-state index is 12.7. The number of ketones is 1. The fraction of sp³-hybridized carbons (Fsp3) is 0. The predicted octanol–water partition coefficient (Wildman–Crippen LogP) is 4.17. The molecule has 0 aromatic heterocycles. The van der Waals surface area contributed by atoms with E-state index in [0.717, 1.165) is 11.1 Å². The van der Waals surface area contributed by atoms with Crippen LogP contribution in [-0.2, 0) is 0 Å². The number of anilines is 1. The third-order valence-corrected chi connectivity index (χ3v) is 3.43. The van der Waals surface area contributed by atoms with Crippen LogP contribution in [0.15, 0.2) is 78.9 Å². The lowest BCUT2D eigenvalue weighted by Gasteiger charge is -2.09. The monoisotopic (exact) mass is 273 g/mol. The van der Waals surface area contributed by atoms with Gasteiger partial charge in [0.2, 0.25) is 0 Å². The summed E-state index contributed by atoms with van der Waals surface area (Å²) >= 11 is 0. The minimum atomic E-state index is 0.0306. The van der Waals surface area contributed by atoms with Gasteiger partial charge in [0.05, 0.1) is 0 Å². The molecule has 0 spiro atoms. The Kier molecular flexibility index (Phi) is 3.52. The highest BCUT2D eigenvalue weighted by Gasteiger charge is 2.13. The maximum atomic E-state index is 12.7. The average molecular weight is 273 g/mol. The summed E-state index contributed by atoms with van der Waals surface area (Å²) in [5.74, 6) is 0.0306. The SMILES string of the molecule is Nc1ccc(-c2ccccc2C(=O)c2ccccc2)cc1. The first-order valence-electron chi connectivity index (χ1n) is 6.80. The van der Waals surface area contributed by atoms with Gasteiger partial charge in [-0.15, -0.1) is 0 Å². The van der Waals surface area contributed by atoms with Gasteiger partial charge in [-0.25, -0.2) is 0 Å². The molecule has 0 aliphatic heterocycles. The van der Waals surface area contributed by atoms with Gasteiger partial charge in [0.1, 0.15) is 0 Å². The van der Waals surface area contributed by atoms with Gasteiger partial charge in [-0.1, -0.05) is 66.7 Å². The van der Waals surface area contributed by atoms with Gasteiger partial charge < -0.3 is 5.73 Å². The van der Waals surface area contributed by atoms with Crippen LogP contribution >= 0.6 is 0 Å². The van der Waals surface area contributed by atoms with E-state index in [0.29, 0.717) is 16.8 Å². The molecule has 0 unspecified atom stereocenters. The summed E-state index contributed by atoms with van der Waals surface area (Å²) < 4.78 is 0. The van der Waals surface area contributed by atoms with Gasteiger partial charge in [0.25, 0.3) is 0 Å². The van der Waals surface area contributed by atoms with Crippen LogP contribution in [0.25, 0.3) is 11.1 Å². The fourth-order valence-corrected chi connectivity index (χ4v) is 2.34. The van der Waals surface area contributed by atoms with E-state index in [1.54, 1.807) is 0 Å². The molecule has 3 aromatic carbocycles. The van der Waals surface area contributed by atoms with Crippen LogP contribution in [0.1, 0.15) is 15.9 Å². The minimum absolute atomic E-state index is 0.0306. The molecule has 0 saturated heterocycles. The largest absolute Gasteiger partial charge is 0.399 e. The van der Waals surface area contributed by atoms with Gasteiger partial charge in [0, 0.05) is 16.8 Å². The smallest absolute Gasteiger partial charge is 0.193 e. The highest BCUT2D eigenvalue weighted by molar-refractivity contribution is 6.12. The van der Waals surface area contributed by atoms with Crippen molar-refractivity contribution in [2.24, 2.45) is 0 Å². The Balaban J connectivity index is 2.08. The normalized spacial score (nSPS) is 10.3. The number of hydrogen-bond donors (Lipinski definition) is 1. The molecule has 0 atom stereocenters. The second-order valence-corrected chi connectivity index (χ2v) is 4.86. The van der Waals surface area contributed by atoms with E-state index in [1.807, 2.05) is 78.9 Å². The first-order valence-corrected chi connectivity index (χ1v) is 6.80. The topological polar surface area (TPSA) is 43.1 Å². The Morgan fingerprint density at radius 1 is 0.714 bits per heavy atom. The summed E-state index contributed by atoms with van der Waals surface area (Å²) in [5.41, 5.74) is 9.75. The van der Waals surface area contributed by atoms with Gasteiger partial charge in [-0.2, -0.15) is 0 Å². The molecule has 0 heterocycles. The van der Waals surface area contributed by atoms with Crippen LogP contribution in [0.3, 0.4) is 0 Å². The Bertz CT molecular complexity index is 761. The van der Waals surface area contributed by atoms with Crippen LogP contribution < -0.4 is 5.73 Å². The standard InChI is InChI=1S/C19H15NO/c20-16-12-10-14(11-13-16)17-8-4-5-9-18(17)19(21)15-6-2-1-3-7-15/h1-13H,20H2. The molecule has 2 nitrogen and oxygen atoms in total. The van der Waals surface area contributed by atoms with Crippen molar-refractivity contribution in [3.63, 3.8) is 0 Å². The van der Waals surface area contributed by atoms with E-state index in [9.17, 15) is 4.79 Å². The van der Waals surface area contributed by atoms with Crippen LogP contribution in [0, 0.1) is 0 Å². The quantitative estimate of drug-likeness (QED) is 0.575. The lowest BCUT2D eigenvalue weighted by Crippen LogP contribution is -2.03. The zero-order valence-corrected chi connectivity index (χ0v) is 11.5. The molecule has 0 radical (unpaired) electrons. The summed E-state index contributed by atoms with van der Waals surface area (Å²) in [4.78, 5) is 12.7. The third-order valence-electron chi connectivity index (χ3n) is 3.43. The van der Waals surface area contributed by atoms with E-state index in [1.165, 1.54) is 0 Å². The minimum Gasteiger partial charge on any atom is -0.399 e. The summed E-state index contributed by atoms with van der Waals surface area (Å²) in [6.45, 7) is 0. The second kappa shape index (κ2) is 5.63. The molecule has 102 valence electrons. The van der Waals surface area contributed by atoms with Crippen molar-refractivity contribution in [3.8, 4) is 11.1 Å². The molecule has 3 aromatic rings. The Hall–Kier alpha value is -2.87. The number of nitrogens with two attached hydrogens (primary N) is 1. The zero-order chi connectivity index (χ0) is 14.7. The number of carbonyl (C=O) groups excluding carboxylic acids is 1. The molecule has 3 rings (SSSR count). The van der Waals surface area contributed by atoms with E-state index < -0.39 is 0 Å². The molecule has 0 aliphatic rings. The summed E-state index contributed by atoms with van der Waals surface area (Å²) in [6, 6.07) is 24.5. The van der Waals surface area contributed by atoms with Crippen LogP contribution in [0.5, 0.6) is 0 Å². The van der Waals surface area contributed by atoms with E-state index in [-0.39, 0.29) is 5.78 Å². The molecule has 0 aliphatic carbocycles. The maximum Gasteiger partial charge on any atom is 0.193 e. The van der Waals surface area contributed by atoms with Crippen molar-refractivity contribution >= 4 is 11.5 Å². The fourth-order valence-electron chi connectivity index (χ4n) is 2.34. The molecule has 0 amide bonds. The second-order valence-electron chi connectivity index (χ2n) is 4.86. The van der Waals surface area contributed by atoms with Crippen molar-refractivity contribution in [3.05, 3.63) is 90.0 Å². The van der Waals surface area contributed by atoms with Crippen molar-refractivity contribution in [1.82, 2.24) is 0 Å². The number of benzene rings is 3. The molecular weight excluding hydrogens is 258 g/mol. The van der Waals surface area contributed by atoms with E-state index in [2.05, 4.69) is 0 Å². The summed E-state index contributed by atoms with van der Waals surface area (Å²) in [5, 5.41) is 0. The Morgan fingerprint density at radius 3 is 2.05 bits per heavy atom. The van der Waals surface area contributed by atoms with Crippen molar-refractivity contribution in [2.75, 3.05) is 5.73 Å². The number of hydrogen-bond acceptors (Lipinski definition) is 2. The molecular formula is C19H15NO. The van der Waals surface area contributed by atoms with Gasteiger partial charge in [-0.3, -0.25) is 4.79 Å². The lowest BCUT2D eigenvalue weighted by atomic mass is 9.94. The third kappa shape index (κ3) is 2.70. The molecule has 0 saturated carbocycles. The lowest BCUT2D eigenvalue weighted by molar-refractivity contribution is 0.103. The average Bonchev–Trinajstić information content (AvgIpc) is 2.56. The predicted molar refractivity (Wildman–Crippen MR) is 86.2 cm³/mol. The Morgan fingerprint density at radius 2 is 1.33 bits per heavy atom. The number of nitrogen functional groups attached to an aromatic ring is 1. The molecule has 0 fully saturated rings. The van der Waals surface area contributed by atoms with Crippen LogP contribution in [0.4, 0.5) is 5.69 Å². The van der Waals surface area contributed by atoms with Crippen molar-refractivity contribution in [2.45, 2.75) is 0 Å². The van der Waals surface area contributed by atoms with Crippen molar-refractivity contribution in [1.29, 1.82) is 0 Å².